The Morgan fingerprint density at radius 3 is 2.53 bits per heavy atom. The minimum absolute atomic E-state index is 0.00393. The lowest BCUT2D eigenvalue weighted by molar-refractivity contribution is -0.137. The summed E-state index contributed by atoms with van der Waals surface area (Å²) < 4.78 is 37.0. The number of nitrogens with one attached hydrogen (secondary N) is 1. The van der Waals surface area contributed by atoms with Gasteiger partial charge in [0.1, 0.15) is 0 Å². The molecule has 0 bridgehead atoms. The van der Waals surface area contributed by atoms with Crippen LogP contribution in [0, 0.1) is 0 Å². The van der Waals surface area contributed by atoms with Gasteiger partial charge in [0.05, 0.1) is 11.4 Å². The highest BCUT2D eigenvalue weighted by molar-refractivity contribution is 7.13. The molecule has 3 nitrogen and oxygen atoms in total. The van der Waals surface area contributed by atoms with E-state index in [0.717, 1.165) is 11.9 Å². The van der Waals surface area contributed by atoms with E-state index in [1.165, 1.54) is 0 Å². The molecule has 0 saturated heterocycles. The third-order valence-corrected chi connectivity index (χ3v) is 3.33. The average molecular weight is 286 g/mol. The molecule has 0 amide bonds. The number of rotatable bonds is 4. The largest absolute Gasteiger partial charge is 0.443 e. The number of thiazole rings is 1. The van der Waals surface area contributed by atoms with Crippen molar-refractivity contribution in [2.24, 2.45) is 0 Å². The molecule has 0 fully saturated rings. The summed E-state index contributed by atoms with van der Waals surface area (Å²) in [5.41, 5.74) is 0.733. The number of hydrogen-bond acceptors (Lipinski definition) is 4. The van der Waals surface area contributed by atoms with Crippen LogP contribution in [0.25, 0.3) is 0 Å². The van der Waals surface area contributed by atoms with Crippen molar-refractivity contribution in [3.05, 3.63) is 46.4 Å². The number of aromatic nitrogens is 1. The van der Waals surface area contributed by atoms with Crippen LogP contribution in [0.4, 0.5) is 18.9 Å². The SMILES string of the molecule is O=C(CNc1ccccc1)c1cnc(C(F)(F)F)s1. The van der Waals surface area contributed by atoms with Gasteiger partial charge in [0, 0.05) is 11.9 Å². The molecule has 0 saturated carbocycles. The lowest BCUT2D eigenvalue weighted by Gasteiger charge is -2.03. The van der Waals surface area contributed by atoms with Gasteiger partial charge in [-0.25, -0.2) is 4.98 Å². The maximum absolute atomic E-state index is 12.3. The zero-order chi connectivity index (χ0) is 13.9. The maximum atomic E-state index is 12.3. The number of benzene rings is 1. The first-order valence-electron chi connectivity index (χ1n) is 5.32. The molecule has 100 valence electrons. The van der Waals surface area contributed by atoms with E-state index < -0.39 is 17.0 Å². The molecule has 2 aromatic rings. The lowest BCUT2D eigenvalue weighted by Crippen LogP contribution is -2.12. The highest BCUT2D eigenvalue weighted by Crippen LogP contribution is 2.32. The third kappa shape index (κ3) is 3.54. The van der Waals surface area contributed by atoms with Gasteiger partial charge in [0.2, 0.25) is 0 Å². The molecule has 0 aliphatic carbocycles. The predicted octanol–water partition coefficient (Wildman–Crippen LogP) is 3.46. The van der Waals surface area contributed by atoms with Gasteiger partial charge in [-0.3, -0.25) is 4.79 Å². The summed E-state index contributed by atoms with van der Waals surface area (Å²) in [5.74, 6) is -0.420. The molecule has 0 atom stereocenters. The molecule has 0 aliphatic heterocycles. The topological polar surface area (TPSA) is 42.0 Å². The van der Waals surface area contributed by atoms with Crippen LogP contribution in [0.15, 0.2) is 36.5 Å². The Morgan fingerprint density at radius 2 is 1.95 bits per heavy atom. The van der Waals surface area contributed by atoms with Crippen molar-refractivity contribution in [3.63, 3.8) is 0 Å². The van der Waals surface area contributed by atoms with Crippen molar-refractivity contribution in [1.29, 1.82) is 0 Å². The summed E-state index contributed by atoms with van der Waals surface area (Å²) in [6, 6.07) is 8.94. The van der Waals surface area contributed by atoms with Crippen molar-refractivity contribution >= 4 is 22.8 Å². The monoisotopic (exact) mass is 286 g/mol. The number of alkyl halides is 3. The van der Waals surface area contributed by atoms with Gasteiger partial charge in [0.15, 0.2) is 10.8 Å². The smallest absolute Gasteiger partial charge is 0.378 e. The molecule has 1 aromatic heterocycles. The minimum atomic E-state index is -4.50. The number of para-hydroxylation sites is 1. The van der Waals surface area contributed by atoms with Crippen LogP contribution in [0.2, 0.25) is 0 Å². The third-order valence-electron chi connectivity index (χ3n) is 2.25. The highest BCUT2D eigenvalue weighted by atomic mass is 32.1. The second-order valence-electron chi connectivity index (χ2n) is 3.67. The summed E-state index contributed by atoms with van der Waals surface area (Å²) in [4.78, 5) is 14.9. The van der Waals surface area contributed by atoms with Gasteiger partial charge in [-0.05, 0) is 12.1 Å². The van der Waals surface area contributed by atoms with Crippen LogP contribution in [-0.2, 0) is 6.18 Å². The Bertz CT molecular complexity index is 566. The zero-order valence-electron chi connectivity index (χ0n) is 9.57. The van der Waals surface area contributed by atoms with E-state index in [1.54, 1.807) is 24.3 Å². The van der Waals surface area contributed by atoms with E-state index in [-0.39, 0.29) is 11.4 Å². The van der Waals surface area contributed by atoms with E-state index in [1.807, 2.05) is 6.07 Å². The molecular weight excluding hydrogens is 277 g/mol. The molecule has 7 heteroatoms. The van der Waals surface area contributed by atoms with Crippen molar-refractivity contribution in [1.82, 2.24) is 4.98 Å². The lowest BCUT2D eigenvalue weighted by atomic mass is 10.3. The first-order chi connectivity index (χ1) is 8.97. The van der Waals surface area contributed by atoms with Crippen molar-refractivity contribution < 1.29 is 18.0 Å². The first-order valence-corrected chi connectivity index (χ1v) is 6.13. The van der Waals surface area contributed by atoms with Crippen LogP contribution in [0.1, 0.15) is 14.7 Å². The Hall–Kier alpha value is -1.89. The zero-order valence-corrected chi connectivity index (χ0v) is 10.4. The van der Waals surface area contributed by atoms with E-state index in [2.05, 4.69) is 10.3 Å². The molecule has 0 radical (unpaired) electrons. The molecule has 0 aliphatic rings. The van der Waals surface area contributed by atoms with E-state index >= 15 is 0 Å². The molecule has 0 spiro atoms. The van der Waals surface area contributed by atoms with Crippen molar-refractivity contribution in [2.45, 2.75) is 6.18 Å². The highest BCUT2D eigenvalue weighted by Gasteiger charge is 2.35. The summed E-state index contributed by atoms with van der Waals surface area (Å²) in [7, 11) is 0. The van der Waals surface area contributed by atoms with Crippen molar-refractivity contribution in [3.8, 4) is 0 Å². The molecule has 1 aromatic carbocycles. The van der Waals surface area contributed by atoms with Gasteiger partial charge < -0.3 is 5.32 Å². The molecule has 19 heavy (non-hydrogen) atoms. The summed E-state index contributed by atoms with van der Waals surface area (Å²) in [6.45, 7) is -0.0660. The summed E-state index contributed by atoms with van der Waals surface area (Å²) in [5, 5.41) is 1.83. The molecule has 1 N–H and O–H groups in total. The molecule has 0 unspecified atom stereocenters. The Balaban J connectivity index is 1.99. The Labute approximate surface area is 111 Å². The van der Waals surface area contributed by atoms with Gasteiger partial charge in [0.25, 0.3) is 0 Å². The number of Topliss-reactive ketones (excluding diaryl/α,β-unsaturated/α-hetero) is 1. The standard InChI is InChI=1S/C12H9F3N2OS/c13-12(14,15)11-17-7-10(19-11)9(18)6-16-8-4-2-1-3-5-8/h1-5,7,16H,6H2. The fourth-order valence-electron chi connectivity index (χ4n) is 1.36. The van der Waals surface area contributed by atoms with Gasteiger partial charge >= 0.3 is 6.18 Å². The van der Waals surface area contributed by atoms with Crippen LogP contribution in [-0.4, -0.2) is 17.3 Å². The van der Waals surface area contributed by atoms with Crippen LogP contribution in [0.5, 0.6) is 0 Å². The van der Waals surface area contributed by atoms with Crippen molar-refractivity contribution in [2.75, 3.05) is 11.9 Å². The molecule has 1 heterocycles. The Kier molecular flexibility index (Phi) is 3.84. The quantitative estimate of drug-likeness (QED) is 0.875. The summed E-state index contributed by atoms with van der Waals surface area (Å²) >= 11 is 0.357. The number of carbonyl (C=O) groups excluding carboxylic acids is 1. The number of anilines is 1. The Morgan fingerprint density at radius 1 is 1.26 bits per heavy atom. The molecular formula is C12H9F3N2OS. The number of carbonyl (C=O) groups is 1. The number of ketones is 1. The van der Waals surface area contributed by atoms with Crippen LogP contribution in [0.3, 0.4) is 0 Å². The second-order valence-corrected chi connectivity index (χ2v) is 4.70. The fraction of sp³-hybridized carbons (Fsp3) is 0.167. The second kappa shape index (κ2) is 5.40. The van der Waals surface area contributed by atoms with Gasteiger partial charge in [-0.15, -0.1) is 11.3 Å². The van der Waals surface area contributed by atoms with Crippen LogP contribution < -0.4 is 5.32 Å². The fourth-order valence-corrected chi connectivity index (χ4v) is 2.08. The van der Waals surface area contributed by atoms with E-state index in [0.29, 0.717) is 11.3 Å². The average Bonchev–Trinajstić information content (AvgIpc) is 2.87. The van der Waals surface area contributed by atoms with E-state index in [4.69, 9.17) is 0 Å². The normalized spacial score (nSPS) is 11.3. The van der Waals surface area contributed by atoms with Gasteiger partial charge in [-0.1, -0.05) is 18.2 Å². The minimum Gasteiger partial charge on any atom is -0.378 e. The first kappa shape index (κ1) is 13.5. The summed E-state index contributed by atoms with van der Waals surface area (Å²) in [6.07, 6.45) is -3.54. The predicted molar refractivity (Wildman–Crippen MR) is 66.4 cm³/mol. The molecule has 2 rings (SSSR count). The number of halogens is 3. The number of hydrogen-bond donors (Lipinski definition) is 1. The number of nitrogens with zero attached hydrogens (tertiary/aromatic N) is 1. The maximum Gasteiger partial charge on any atom is 0.443 e. The van der Waals surface area contributed by atoms with E-state index in [9.17, 15) is 18.0 Å². The van der Waals surface area contributed by atoms with Crippen LogP contribution >= 0.6 is 11.3 Å². The van der Waals surface area contributed by atoms with Gasteiger partial charge in [-0.2, -0.15) is 13.2 Å².